The predicted octanol–water partition coefficient (Wildman–Crippen LogP) is 4.34. The standard InChI is InChI=1S/C19H18O2/c1-14(19(20)16-9-3-2-4-10-16)21-18-13-7-11-15-8-5-6-12-17(15)18/h2-14,19-20H,1H3. The number of benzene rings is 3. The van der Waals surface area contributed by atoms with E-state index in [2.05, 4.69) is 12.1 Å². The Balaban J connectivity index is 1.85. The van der Waals surface area contributed by atoms with Crippen molar-refractivity contribution in [3.8, 4) is 5.75 Å². The number of hydrogen-bond acceptors (Lipinski definition) is 2. The molecule has 0 amide bonds. The summed E-state index contributed by atoms with van der Waals surface area (Å²) in [5, 5.41) is 12.6. The minimum Gasteiger partial charge on any atom is -0.487 e. The molecular weight excluding hydrogens is 260 g/mol. The average Bonchev–Trinajstić information content (AvgIpc) is 2.55. The SMILES string of the molecule is CC(Oc1cccc2ccccc12)C(O)c1ccccc1. The molecule has 2 atom stereocenters. The van der Waals surface area contributed by atoms with Crippen LogP contribution < -0.4 is 4.74 Å². The minimum absolute atomic E-state index is 0.321. The molecular formula is C19H18O2. The third-order valence-electron chi connectivity index (χ3n) is 3.65. The van der Waals surface area contributed by atoms with Gasteiger partial charge >= 0.3 is 0 Å². The van der Waals surface area contributed by atoms with Gasteiger partial charge in [-0.05, 0) is 23.9 Å². The summed E-state index contributed by atoms with van der Waals surface area (Å²) < 4.78 is 5.99. The Morgan fingerprint density at radius 2 is 1.48 bits per heavy atom. The van der Waals surface area contributed by atoms with Crippen LogP contribution in [0.2, 0.25) is 0 Å². The van der Waals surface area contributed by atoms with Crippen LogP contribution in [0.4, 0.5) is 0 Å². The van der Waals surface area contributed by atoms with Crippen LogP contribution in [0.25, 0.3) is 10.8 Å². The van der Waals surface area contributed by atoms with Gasteiger partial charge in [0.1, 0.15) is 18.0 Å². The molecule has 0 bridgehead atoms. The third kappa shape index (κ3) is 2.91. The minimum atomic E-state index is -0.648. The van der Waals surface area contributed by atoms with Crippen LogP contribution in [0.5, 0.6) is 5.75 Å². The topological polar surface area (TPSA) is 29.5 Å². The molecule has 0 fully saturated rings. The highest BCUT2D eigenvalue weighted by molar-refractivity contribution is 5.88. The Bertz CT molecular complexity index is 716. The van der Waals surface area contributed by atoms with E-state index in [0.29, 0.717) is 0 Å². The first-order valence-electron chi connectivity index (χ1n) is 7.13. The van der Waals surface area contributed by atoms with Crippen LogP contribution in [0.1, 0.15) is 18.6 Å². The predicted molar refractivity (Wildman–Crippen MR) is 85.4 cm³/mol. The van der Waals surface area contributed by atoms with Gasteiger partial charge in [-0.3, -0.25) is 0 Å². The largest absolute Gasteiger partial charge is 0.487 e. The van der Waals surface area contributed by atoms with E-state index in [-0.39, 0.29) is 6.10 Å². The lowest BCUT2D eigenvalue weighted by Crippen LogP contribution is -2.21. The molecule has 0 aromatic heterocycles. The van der Waals surface area contributed by atoms with Crippen LogP contribution in [0.15, 0.2) is 72.8 Å². The summed E-state index contributed by atoms with van der Waals surface area (Å²) in [7, 11) is 0. The molecule has 0 saturated heterocycles. The summed E-state index contributed by atoms with van der Waals surface area (Å²) in [5.74, 6) is 0.801. The fraction of sp³-hybridized carbons (Fsp3) is 0.158. The van der Waals surface area contributed by atoms with Gasteiger partial charge in [-0.15, -0.1) is 0 Å². The number of rotatable bonds is 4. The molecule has 21 heavy (non-hydrogen) atoms. The molecule has 3 aromatic carbocycles. The Labute approximate surface area is 124 Å². The average molecular weight is 278 g/mol. The molecule has 0 aliphatic carbocycles. The van der Waals surface area contributed by atoms with E-state index in [1.54, 1.807) is 0 Å². The zero-order valence-corrected chi connectivity index (χ0v) is 11.9. The van der Waals surface area contributed by atoms with Crippen molar-refractivity contribution >= 4 is 10.8 Å². The zero-order valence-electron chi connectivity index (χ0n) is 11.9. The summed E-state index contributed by atoms with van der Waals surface area (Å²) >= 11 is 0. The van der Waals surface area contributed by atoms with Crippen LogP contribution in [-0.4, -0.2) is 11.2 Å². The molecule has 2 unspecified atom stereocenters. The molecule has 0 aliphatic rings. The smallest absolute Gasteiger partial charge is 0.127 e. The van der Waals surface area contributed by atoms with E-state index in [0.717, 1.165) is 22.1 Å². The third-order valence-corrected chi connectivity index (χ3v) is 3.65. The normalized spacial score (nSPS) is 13.8. The maximum atomic E-state index is 10.4. The van der Waals surface area contributed by atoms with Crippen molar-refractivity contribution < 1.29 is 9.84 Å². The van der Waals surface area contributed by atoms with Gasteiger partial charge in [0.15, 0.2) is 0 Å². The van der Waals surface area contributed by atoms with Gasteiger partial charge in [0.05, 0.1) is 0 Å². The van der Waals surface area contributed by atoms with Gasteiger partial charge in [0, 0.05) is 5.39 Å². The lowest BCUT2D eigenvalue weighted by Gasteiger charge is -2.21. The summed E-state index contributed by atoms with van der Waals surface area (Å²) in [6, 6.07) is 23.7. The van der Waals surface area contributed by atoms with Crippen LogP contribution in [-0.2, 0) is 0 Å². The molecule has 0 radical (unpaired) electrons. The Kier molecular flexibility index (Phi) is 3.89. The van der Waals surface area contributed by atoms with Crippen molar-refractivity contribution in [3.63, 3.8) is 0 Å². The molecule has 2 nitrogen and oxygen atoms in total. The maximum Gasteiger partial charge on any atom is 0.127 e. The molecule has 3 rings (SSSR count). The number of fused-ring (bicyclic) bond motifs is 1. The number of ether oxygens (including phenoxy) is 1. The summed E-state index contributed by atoms with van der Waals surface area (Å²) in [6.07, 6.45) is -0.969. The molecule has 0 heterocycles. The molecule has 1 N–H and O–H groups in total. The first kappa shape index (κ1) is 13.7. The van der Waals surface area contributed by atoms with Crippen molar-refractivity contribution in [2.24, 2.45) is 0 Å². The van der Waals surface area contributed by atoms with Gasteiger partial charge in [-0.1, -0.05) is 66.7 Å². The highest BCUT2D eigenvalue weighted by Gasteiger charge is 2.18. The van der Waals surface area contributed by atoms with E-state index in [1.807, 2.05) is 67.6 Å². The van der Waals surface area contributed by atoms with Crippen LogP contribution in [0.3, 0.4) is 0 Å². The van der Waals surface area contributed by atoms with E-state index in [9.17, 15) is 5.11 Å². The van der Waals surface area contributed by atoms with Crippen molar-refractivity contribution in [2.45, 2.75) is 19.1 Å². The molecule has 0 spiro atoms. The van der Waals surface area contributed by atoms with Crippen molar-refractivity contribution in [1.29, 1.82) is 0 Å². The van der Waals surface area contributed by atoms with Crippen LogP contribution in [0, 0.1) is 0 Å². The quantitative estimate of drug-likeness (QED) is 0.769. The Hall–Kier alpha value is -2.32. The maximum absolute atomic E-state index is 10.4. The van der Waals surface area contributed by atoms with Crippen molar-refractivity contribution in [2.75, 3.05) is 0 Å². The Morgan fingerprint density at radius 3 is 2.29 bits per heavy atom. The van der Waals surface area contributed by atoms with Gasteiger partial charge < -0.3 is 9.84 Å². The highest BCUT2D eigenvalue weighted by atomic mass is 16.5. The fourth-order valence-corrected chi connectivity index (χ4v) is 2.48. The molecule has 2 heteroatoms. The van der Waals surface area contributed by atoms with E-state index in [4.69, 9.17) is 4.74 Å². The van der Waals surface area contributed by atoms with Crippen LogP contribution >= 0.6 is 0 Å². The van der Waals surface area contributed by atoms with Gasteiger partial charge in [0.2, 0.25) is 0 Å². The highest BCUT2D eigenvalue weighted by Crippen LogP contribution is 2.28. The van der Waals surface area contributed by atoms with Gasteiger partial charge in [0.25, 0.3) is 0 Å². The monoisotopic (exact) mass is 278 g/mol. The summed E-state index contributed by atoms with van der Waals surface area (Å²) in [4.78, 5) is 0. The molecule has 0 saturated carbocycles. The fourth-order valence-electron chi connectivity index (χ4n) is 2.48. The first-order valence-corrected chi connectivity index (χ1v) is 7.13. The van der Waals surface area contributed by atoms with Gasteiger partial charge in [-0.2, -0.15) is 0 Å². The first-order chi connectivity index (χ1) is 10.3. The second kappa shape index (κ2) is 5.98. The summed E-state index contributed by atoms with van der Waals surface area (Å²) in [6.45, 7) is 1.89. The molecule has 106 valence electrons. The van der Waals surface area contributed by atoms with Crippen molar-refractivity contribution in [3.05, 3.63) is 78.4 Å². The lowest BCUT2D eigenvalue weighted by molar-refractivity contribution is 0.0477. The van der Waals surface area contributed by atoms with E-state index >= 15 is 0 Å². The van der Waals surface area contributed by atoms with Gasteiger partial charge in [-0.25, -0.2) is 0 Å². The second-order valence-corrected chi connectivity index (χ2v) is 5.16. The molecule has 3 aromatic rings. The van der Waals surface area contributed by atoms with E-state index < -0.39 is 6.10 Å². The number of hydrogen-bond donors (Lipinski definition) is 1. The Morgan fingerprint density at radius 1 is 0.810 bits per heavy atom. The number of aliphatic hydroxyl groups excluding tert-OH is 1. The summed E-state index contributed by atoms with van der Waals surface area (Å²) in [5.41, 5.74) is 0.866. The zero-order chi connectivity index (χ0) is 14.7. The molecule has 0 aliphatic heterocycles. The second-order valence-electron chi connectivity index (χ2n) is 5.16. The van der Waals surface area contributed by atoms with Crippen molar-refractivity contribution in [1.82, 2.24) is 0 Å². The van der Waals surface area contributed by atoms with E-state index in [1.165, 1.54) is 0 Å². The number of aliphatic hydroxyl groups is 1. The lowest BCUT2D eigenvalue weighted by atomic mass is 10.1.